The third-order valence-corrected chi connectivity index (χ3v) is 4.87. The molecule has 1 fully saturated rings. The minimum absolute atomic E-state index is 0.0178. The highest BCUT2D eigenvalue weighted by Gasteiger charge is 2.33. The van der Waals surface area contributed by atoms with E-state index < -0.39 is 11.9 Å². The normalized spacial score (nSPS) is 17.2. The van der Waals surface area contributed by atoms with E-state index in [1.54, 1.807) is 24.3 Å². The van der Waals surface area contributed by atoms with Crippen LogP contribution in [-0.4, -0.2) is 69.9 Å². The second-order valence-electron chi connectivity index (χ2n) is 6.76. The maximum absolute atomic E-state index is 12.5. The standard InChI is InChI=1S/C20H25N3O6/c1-27-19(25)14-12-29-13-23(18(14)20(26)28-2)16-8-4-3-7-15(16)21-17(24)11-22-9-5-6-10-22/h3-4,7-8H,5-6,9-13H2,1-2H3,(H,21,24). The van der Waals surface area contributed by atoms with Crippen LogP contribution >= 0.6 is 0 Å². The summed E-state index contributed by atoms with van der Waals surface area (Å²) in [6, 6.07) is 7.02. The fourth-order valence-corrected chi connectivity index (χ4v) is 3.48. The molecule has 1 aromatic carbocycles. The van der Waals surface area contributed by atoms with Gasteiger partial charge in [-0.1, -0.05) is 12.1 Å². The highest BCUT2D eigenvalue weighted by atomic mass is 16.5. The lowest BCUT2D eigenvalue weighted by atomic mass is 10.1. The molecule has 1 amide bonds. The Morgan fingerprint density at radius 2 is 1.76 bits per heavy atom. The van der Waals surface area contributed by atoms with E-state index in [0.29, 0.717) is 17.9 Å². The minimum Gasteiger partial charge on any atom is -0.466 e. The molecular weight excluding hydrogens is 378 g/mol. The van der Waals surface area contributed by atoms with Crippen molar-refractivity contribution in [2.75, 3.05) is 57.4 Å². The lowest BCUT2D eigenvalue weighted by molar-refractivity contribution is -0.140. The molecule has 156 valence electrons. The third kappa shape index (κ3) is 4.75. The Kier molecular flexibility index (Phi) is 6.84. The molecule has 0 unspecified atom stereocenters. The lowest BCUT2D eigenvalue weighted by Crippen LogP contribution is -2.39. The quantitative estimate of drug-likeness (QED) is 0.706. The Morgan fingerprint density at radius 3 is 2.45 bits per heavy atom. The van der Waals surface area contributed by atoms with E-state index in [2.05, 4.69) is 10.2 Å². The number of hydrogen-bond acceptors (Lipinski definition) is 8. The van der Waals surface area contributed by atoms with Crippen LogP contribution in [0.1, 0.15) is 12.8 Å². The highest BCUT2D eigenvalue weighted by molar-refractivity contribution is 6.05. The van der Waals surface area contributed by atoms with Gasteiger partial charge in [0.05, 0.1) is 44.3 Å². The van der Waals surface area contributed by atoms with Crippen molar-refractivity contribution in [3.63, 3.8) is 0 Å². The van der Waals surface area contributed by atoms with Crippen LogP contribution in [0.15, 0.2) is 35.5 Å². The summed E-state index contributed by atoms with van der Waals surface area (Å²) in [7, 11) is 2.47. The molecule has 0 aromatic heterocycles. The van der Waals surface area contributed by atoms with Crippen molar-refractivity contribution in [2.24, 2.45) is 0 Å². The summed E-state index contributed by atoms with van der Waals surface area (Å²) < 4.78 is 15.2. The average molecular weight is 403 g/mol. The van der Waals surface area contributed by atoms with E-state index in [0.717, 1.165) is 25.9 Å². The second-order valence-corrected chi connectivity index (χ2v) is 6.76. The monoisotopic (exact) mass is 403 g/mol. The van der Waals surface area contributed by atoms with E-state index in [1.165, 1.54) is 19.1 Å². The maximum Gasteiger partial charge on any atom is 0.355 e. The second kappa shape index (κ2) is 9.53. The number of likely N-dealkylation sites (tertiary alicyclic amines) is 1. The van der Waals surface area contributed by atoms with Gasteiger partial charge < -0.3 is 24.4 Å². The summed E-state index contributed by atoms with van der Waals surface area (Å²) in [6.45, 7) is 2.07. The van der Waals surface area contributed by atoms with Crippen LogP contribution in [0, 0.1) is 0 Å². The molecule has 1 saturated heterocycles. The topological polar surface area (TPSA) is 97.4 Å². The molecule has 3 rings (SSSR count). The number of amides is 1. The number of nitrogens with one attached hydrogen (secondary N) is 1. The molecule has 1 N–H and O–H groups in total. The van der Waals surface area contributed by atoms with Crippen molar-refractivity contribution < 1.29 is 28.6 Å². The molecule has 0 saturated carbocycles. The zero-order valence-electron chi connectivity index (χ0n) is 16.6. The zero-order chi connectivity index (χ0) is 20.8. The van der Waals surface area contributed by atoms with Crippen LogP contribution in [0.2, 0.25) is 0 Å². The Labute approximate surface area is 169 Å². The summed E-state index contributed by atoms with van der Waals surface area (Å²) >= 11 is 0. The molecule has 9 heteroatoms. The number of anilines is 2. The van der Waals surface area contributed by atoms with Crippen LogP contribution < -0.4 is 10.2 Å². The number of rotatable bonds is 6. The van der Waals surface area contributed by atoms with Crippen molar-refractivity contribution in [3.05, 3.63) is 35.5 Å². The maximum atomic E-state index is 12.5. The highest BCUT2D eigenvalue weighted by Crippen LogP contribution is 2.32. The van der Waals surface area contributed by atoms with Gasteiger partial charge in [-0.15, -0.1) is 0 Å². The Bertz CT molecular complexity index is 816. The van der Waals surface area contributed by atoms with Crippen LogP contribution in [0.3, 0.4) is 0 Å². The minimum atomic E-state index is -0.688. The number of hydrogen-bond donors (Lipinski definition) is 1. The molecule has 9 nitrogen and oxygen atoms in total. The molecule has 2 aliphatic heterocycles. The largest absolute Gasteiger partial charge is 0.466 e. The van der Waals surface area contributed by atoms with Gasteiger partial charge in [0.1, 0.15) is 12.4 Å². The molecular formula is C20H25N3O6. The molecule has 2 heterocycles. The van der Waals surface area contributed by atoms with Gasteiger partial charge in [0.15, 0.2) is 0 Å². The van der Waals surface area contributed by atoms with E-state index in [9.17, 15) is 14.4 Å². The predicted molar refractivity (Wildman–Crippen MR) is 105 cm³/mol. The van der Waals surface area contributed by atoms with Crippen molar-refractivity contribution in [1.29, 1.82) is 0 Å². The number of para-hydroxylation sites is 2. The third-order valence-electron chi connectivity index (χ3n) is 4.87. The number of methoxy groups -OCH3 is 2. The van der Waals surface area contributed by atoms with E-state index in [1.807, 2.05) is 0 Å². The Balaban J connectivity index is 1.91. The van der Waals surface area contributed by atoms with Crippen molar-refractivity contribution >= 4 is 29.2 Å². The molecule has 0 radical (unpaired) electrons. The SMILES string of the molecule is COC(=O)C1=C(C(=O)OC)N(c2ccccc2NC(=O)CN2CCCC2)COC1. The van der Waals surface area contributed by atoms with Crippen LogP contribution in [0.4, 0.5) is 11.4 Å². The first kappa shape index (κ1) is 20.8. The smallest absolute Gasteiger partial charge is 0.355 e. The van der Waals surface area contributed by atoms with Gasteiger partial charge in [-0.05, 0) is 38.1 Å². The molecule has 2 aliphatic rings. The van der Waals surface area contributed by atoms with Crippen molar-refractivity contribution in [2.45, 2.75) is 12.8 Å². The first-order chi connectivity index (χ1) is 14.0. The van der Waals surface area contributed by atoms with E-state index in [4.69, 9.17) is 14.2 Å². The Morgan fingerprint density at radius 1 is 1.07 bits per heavy atom. The van der Waals surface area contributed by atoms with Crippen LogP contribution in [0.5, 0.6) is 0 Å². The summed E-state index contributed by atoms with van der Waals surface area (Å²) in [5.41, 5.74) is 1.12. The summed E-state index contributed by atoms with van der Waals surface area (Å²) in [4.78, 5) is 40.7. The van der Waals surface area contributed by atoms with Crippen LogP contribution in [0.25, 0.3) is 0 Å². The molecule has 0 spiro atoms. The Hall–Kier alpha value is -2.91. The lowest BCUT2D eigenvalue weighted by Gasteiger charge is -2.32. The van der Waals surface area contributed by atoms with Gasteiger partial charge in [0, 0.05) is 0 Å². The summed E-state index contributed by atoms with van der Waals surface area (Å²) in [5, 5.41) is 2.90. The van der Waals surface area contributed by atoms with E-state index >= 15 is 0 Å². The fraction of sp³-hybridized carbons (Fsp3) is 0.450. The first-order valence-electron chi connectivity index (χ1n) is 9.41. The molecule has 0 aliphatic carbocycles. The summed E-state index contributed by atoms with van der Waals surface area (Å²) in [5.74, 6) is -1.51. The van der Waals surface area contributed by atoms with Crippen molar-refractivity contribution in [3.8, 4) is 0 Å². The number of benzene rings is 1. The average Bonchev–Trinajstić information content (AvgIpc) is 3.25. The number of esters is 2. The van der Waals surface area contributed by atoms with Gasteiger partial charge >= 0.3 is 11.9 Å². The van der Waals surface area contributed by atoms with Gasteiger partial charge in [-0.2, -0.15) is 0 Å². The van der Waals surface area contributed by atoms with Gasteiger partial charge in [-0.3, -0.25) is 9.69 Å². The van der Waals surface area contributed by atoms with Gasteiger partial charge in [0.25, 0.3) is 0 Å². The first-order valence-corrected chi connectivity index (χ1v) is 9.41. The molecule has 0 atom stereocenters. The number of carbonyl (C=O) groups excluding carboxylic acids is 3. The molecule has 0 bridgehead atoms. The fourth-order valence-electron chi connectivity index (χ4n) is 3.48. The van der Waals surface area contributed by atoms with Crippen LogP contribution in [-0.2, 0) is 28.6 Å². The van der Waals surface area contributed by atoms with Gasteiger partial charge in [0.2, 0.25) is 5.91 Å². The van der Waals surface area contributed by atoms with E-state index in [-0.39, 0.29) is 30.5 Å². The zero-order valence-corrected chi connectivity index (χ0v) is 16.6. The molecule has 1 aromatic rings. The summed E-state index contributed by atoms with van der Waals surface area (Å²) in [6.07, 6.45) is 2.19. The predicted octanol–water partition coefficient (Wildman–Crippen LogP) is 1.12. The van der Waals surface area contributed by atoms with Crippen molar-refractivity contribution in [1.82, 2.24) is 4.90 Å². The number of carbonyl (C=O) groups is 3. The number of ether oxygens (including phenoxy) is 3. The van der Waals surface area contributed by atoms with Gasteiger partial charge in [-0.25, -0.2) is 9.59 Å². The molecule has 29 heavy (non-hydrogen) atoms. The number of nitrogens with zero attached hydrogens (tertiary/aromatic N) is 2.